The first-order valence-electron chi connectivity index (χ1n) is 9.03. The first-order chi connectivity index (χ1) is 12.9. The lowest BCUT2D eigenvalue weighted by Crippen LogP contribution is -2.16. The standard InChI is InChI=1S/C18H24N4O3S2/c1-5-12-8-13(17(24)25-4)16(27-12)19-14(23)9-26-18-21-20-15(11-6-7-11)22(18)10(2)3/h8,10-11H,5-7,9H2,1-4H3,(H,19,23). The predicted molar refractivity (Wildman–Crippen MR) is 107 cm³/mol. The SMILES string of the molecule is CCc1cc(C(=O)OC)c(NC(=O)CSc2nnc(C3CC3)n2C(C)C)s1. The molecule has 1 aliphatic rings. The van der Waals surface area contributed by atoms with Crippen LogP contribution in [0.2, 0.25) is 0 Å². The van der Waals surface area contributed by atoms with Crippen LogP contribution < -0.4 is 5.32 Å². The Bertz CT molecular complexity index is 840. The predicted octanol–water partition coefficient (Wildman–Crippen LogP) is 3.88. The van der Waals surface area contributed by atoms with Gasteiger partial charge in [0.15, 0.2) is 5.16 Å². The highest BCUT2D eigenvalue weighted by Gasteiger charge is 2.31. The first kappa shape index (κ1) is 19.9. The number of thioether (sulfide) groups is 1. The van der Waals surface area contributed by atoms with E-state index in [0.717, 1.165) is 35.1 Å². The molecule has 0 bridgehead atoms. The van der Waals surface area contributed by atoms with E-state index in [-0.39, 0.29) is 17.7 Å². The summed E-state index contributed by atoms with van der Waals surface area (Å²) in [6.45, 7) is 6.20. The van der Waals surface area contributed by atoms with Crippen molar-refractivity contribution in [2.75, 3.05) is 18.2 Å². The molecule has 0 atom stereocenters. The van der Waals surface area contributed by atoms with Crippen molar-refractivity contribution in [1.82, 2.24) is 14.8 Å². The van der Waals surface area contributed by atoms with Gasteiger partial charge in [0.2, 0.25) is 5.91 Å². The van der Waals surface area contributed by atoms with Crippen LogP contribution in [0.1, 0.15) is 66.6 Å². The maximum absolute atomic E-state index is 12.4. The van der Waals surface area contributed by atoms with Crippen molar-refractivity contribution in [3.05, 3.63) is 22.3 Å². The molecule has 0 radical (unpaired) electrons. The Hall–Kier alpha value is -1.87. The summed E-state index contributed by atoms with van der Waals surface area (Å²) in [5.74, 6) is 1.11. The van der Waals surface area contributed by atoms with Gasteiger partial charge in [-0.3, -0.25) is 4.79 Å². The zero-order valence-electron chi connectivity index (χ0n) is 15.9. The molecule has 0 saturated heterocycles. The topological polar surface area (TPSA) is 86.1 Å². The van der Waals surface area contributed by atoms with E-state index in [1.54, 1.807) is 6.07 Å². The second-order valence-corrected chi connectivity index (χ2v) is 8.80. The molecule has 9 heteroatoms. The number of anilines is 1. The minimum Gasteiger partial charge on any atom is -0.465 e. The number of methoxy groups -OCH3 is 1. The molecule has 1 amide bonds. The van der Waals surface area contributed by atoms with Gasteiger partial charge in [-0.05, 0) is 39.2 Å². The van der Waals surface area contributed by atoms with Gasteiger partial charge in [0.05, 0.1) is 18.4 Å². The maximum atomic E-state index is 12.4. The number of amides is 1. The quantitative estimate of drug-likeness (QED) is 0.527. The molecule has 0 spiro atoms. The second kappa shape index (κ2) is 8.43. The third-order valence-corrected chi connectivity index (χ3v) is 6.41. The number of thiophene rings is 1. The van der Waals surface area contributed by atoms with E-state index in [2.05, 4.69) is 33.9 Å². The van der Waals surface area contributed by atoms with Crippen LogP contribution in [0.25, 0.3) is 0 Å². The number of nitrogens with zero attached hydrogens (tertiary/aromatic N) is 3. The van der Waals surface area contributed by atoms with E-state index in [1.807, 2.05) is 6.92 Å². The molecule has 0 aliphatic heterocycles. The molecule has 2 heterocycles. The van der Waals surface area contributed by atoms with Crippen LogP contribution in [0.4, 0.5) is 5.00 Å². The molecular formula is C18H24N4O3S2. The summed E-state index contributed by atoms with van der Waals surface area (Å²) in [4.78, 5) is 25.4. The minimum atomic E-state index is -0.442. The van der Waals surface area contributed by atoms with Crippen LogP contribution >= 0.6 is 23.1 Å². The fourth-order valence-corrected chi connectivity index (χ4v) is 4.63. The van der Waals surface area contributed by atoms with E-state index >= 15 is 0 Å². The van der Waals surface area contributed by atoms with Crippen LogP contribution in [0, 0.1) is 0 Å². The average molecular weight is 409 g/mol. The largest absolute Gasteiger partial charge is 0.465 e. The Morgan fingerprint density at radius 1 is 1.41 bits per heavy atom. The maximum Gasteiger partial charge on any atom is 0.340 e. The summed E-state index contributed by atoms with van der Waals surface area (Å²) in [7, 11) is 1.34. The molecule has 27 heavy (non-hydrogen) atoms. The molecule has 2 aromatic heterocycles. The number of nitrogens with one attached hydrogen (secondary N) is 1. The zero-order valence-corrected chi connectivity index (χ0v) is 17.6. The fourth-order valence-electron chi connectivity index (χ4n) is 2.76. The summed E-state index contributed by atoms with van der Waals surface area (Å²) < 4.78 is 6.93. The van der Waals surface area contributed by atoms with Crippen LogP contribution in [0.15, 0.2) is 11.2 Å². The van der Waals surface area contributed by atoms with E-state index < -0.39 is 5.97 Å². The molecule has 1 N–H and O–H groups in total. The molecule has 1 aliphatic carbocycles. The highest BCUT2D eigenvalue weighted by atomic mass is 32.2. The fraction of sp³-hybridized carbons (Fsp3) is 0.556. The summed E-state index contributed by atoms with van der Waals surface area (Å²) >= 11 is 2.77. The van der Waals surface area contributed by atoms with Crippen molar-refractivity contribution in [1.29, 1.82) is 0 Å². The van der Waals surface area contributed by atoms with Gasteiger partial charge in [-0.1, -0.05) is 18.7 Å². The highest BCUT2D eigenvalue weighted by Crippen LogP contribution is 2.41. The number of carbonyl (C=O) groups excluding carboxylic acids is 2. The first-order valence-corrected chi connectivity index (χ1v) is 10.8. The Morgan fingerprint density at radius 2 is 2.15 bits per heavy atom. The monoisotopic (exact) mass is 408 g/mol. The summed E-state index contributed by atoms with van der Waals surface area (Å²) in [5, 5.41) is 12.7. The molecule has 1 saturated carbocycles. The van der Waals surface area contributed by atoms with E-state index in [9.17, 15) is 9.59 Å². The summed E-state index contributed by atoms with van der Waals surface area (Å²) in [6, 6.07) is 2.02. The molecule has 2 aromatic rings. The average Bonchev–Trinajstić information content (AvgIpc) is 3.27. The number of hydrogen-bond acceptors (Lipinski definition) is 7. The van der Waals surface area contributed by atoms with E-state index in [0.29, 0.717) is 16.5 Å². The lowest BCUT2D eigenvalue weighted by atomic mass is 10.2. The normalized spacial score (nSPS) is 13.8. The molecule has 3 rings (SSSR count). The lowest BCUT2D eigenvalue weighted by Gasteiger charge is -2.13. The number of aryl methyl sites for hydroxylation is 1. The molecule has 0 aromatic carbocycles. The number of aromatic nitrogens is 3. The van der Waals surface area contributed by atoms with E-state index in [4.69, 9.17) is 4.74 Å². The van der Waals surface area contributed by atoms with Gasteiger partial charge in [0.1, 0.15) is 10.8 Å². The van der Waals surface area contributed by atoms with Crippen molar-refractivity contribution in [3.8, 4) is 0 Å². The Balaban J connectivity index is 1.67. The molecule has 0 unspecified atom stereocenters. The van der Waals surface area contributed by atoms with Crippen LogP contribution in [0.3, 0.4) is 0 Å². The van der Waals surface area contributed by atoms with Crippen molar-refractivity contribution < 1.29 is 14.3 Å². The smallest absolute Gasteiger partial charge is 0.340 e. The summed E-state index contributed by atoms with van der Waals surface area (Å²) in [6.07, 6.45) is 3.11. The van der Waals surface area contributed by atoms with Gasteiger partial charge in [-0.15, -0.1) is 21.5 Å². The van der Waals surface area contributed by atoms with Crippen molar-refractivity contribution in [2.24, 2.45) is 0 Å². The Kier molecular flexibility index (Phi) is 6.21. The van der Waals surface area contributed by atoms with Gasteiger partial charge < -0.3 is 14.6 Å². The Morgan fingerprint density at radius 3 is 2.74 bits per heavy atom. The third-order valence-electron chi connectivity index (χ3n) is 4.27. The number of esters is 1. The molecule has 7 nitrogen and oxygen atoms in total. The molecule has 146 valence electrons. The number of ether oxygens (including phenoxy) is 1. The zero-order chi connectivity index (χ0) is 19.6. The Labute approximate surface area is 166 Å². The van der Waals surface area contributed by atoms with Gasteiger partial charge in [-0.2, -0.15) is 0 Å². The summed E-state index contributed by atoms with van der Waals surface area (Å²) in [5.41, 5.74) is 0.402. The van der Waals surface area contributed by atoms with Crippen molar-refractivity contribution >= 4 is 40.0 Å². The van der Waals surface area contributed by atoms with Crippen LogP contribution in [-0.4, -0.2) is 39.5 Å². The van der Waals surface area contributed by atoms with Gasteiger partial charge in [0, 0.05) is 16.8 Å². The van der Waals surface area contributed by atoms with Crippen LogP contribution in [-0.2, 0) is 16.0 Å². The van der Waals surface area contributed by atoms with Gasteiger partial charge in [-0.25, -0.2) is 4.79 Å². The minimum absolute atomic E-state index is 0.180. The number of carbonyl (C=O) groups is 2. The van der Waals surface area contributed by atoms with Gasteiger partial charge >= 0.3 is 5.97 Å². The number of hydrogen-bond donors (Lipinski definition) is 1. The van der Waals surface area contributed by atoms with Crippen molar-refractivity contribution in [2.45, 2.75) is 57.1 Å². The lowest BCUT2D eigenvalue weighted by molar-refractivity contribution is -0.113. The van der Waals surface area contributed by atoms with Crippen LogP contribution in [0.5, 0.6) is 0 Å². The highest BCUT2D eigenvalue weighted by molar-refractivity contribution is 7.99. The van der Waals surface area contributed by atoms with Gasteiger partial charge in [0.25, 0.3) is 0 Å². The van der Waals surface area contributed by atoms with E-state index in [1.165, 1.54) is 30.2 Å². The number of rotatable bonds is 8. The third kappa shape index (κ3) is 4.52. The molecule has 1 fully saturated rings. The second-order valence-electron chi connectivity index (χ2n) is 6.72. The van der Waals surface area contributed by atoms with Crippen molar-refractivity contribution in [3.63, 3.8) is 0 Å². The molecular weight excluding hydrogens is 384 g/mol.